The van der Waals surface area contributed by atoms with Crippen LogP contribution in [0.1, 0.15) is 23.7 Å². The zero-order valence-electron chi connectivity index (χ0n) is 16.7. The zero-order valence-corrected chi connectivity index (χ0v) is 18.3. The van der Waals surface area contributed by atoms with Crippen molar-refractivity contribution in [2.24, 2.45) is 11.0 Å². The SMILES string of the molecule is COc1ccc(C(=O)N/N=C/C(C)([C@H](C(=O)O)N2C(=O)C3C[C@H]32)S(=O)O)c(Cl)c1OC. The van der Waals surface area contributed by atoms with Crippen molar-refractivity contribution in [3.63, 3.8) is 0 Å². The summed E-state index contributed by atoms with van der Waals surface area (Å²) >= 11 is 3.45. The highest BCUT2D eigenvalue weighted by Crippen LogP contribution is 2.50. The van der Waals surface area contributed by atoms with Gasteiger partial charge in [0.05, 0.1) is 30.7 Å². The molecule has 0 radical (unpaired) electrons. The molecule has 2 fully saturated rings. The van der Waals surface area contributed by atoms with Crippen LogP contribution in [0.5, 0.6) is 11.5 Å². The van der Waals surface area contributed by atoms with E-state index >= 15 is 0 Å². The molecule has 13 heteroatoms. The fourth-order valence-electron chi connectivity index (χ4n) is 3.54. The third kappa shape index (κ3) is 3.86. The summed E-state index contributed by atoms with van der Waals surface area (Å²) in [4.78, 5) is 37.5. The van der Waals surface area contributed by atoms with Gasteiger partial charge in [0.1, 0.15) is 4.75 Å². The normalized spacial score (nSPS) is 23.3. The van der Waals surface area contributed by atoms with Gasteiger partial charge in [-0.05, 0) is 25.5 Å². The first-order valence-corrected chi connectivity index (χ1v) is 10.5. The van der Waals surface area contributed by atoms with Crippen LogP contribution in [0, 0.1) is 5.92 Å². The Morgan fingerprint density at radius 3 is 2.58 bits per heavy atom. The molecule has 3 N–H and O–H groups in total. The molecule has 0 spiro atoms. The number of rotatable bonds is 9. The molecule has 1 aromatic carbocycles. The Morgan fingerprint density at radius 2 is 2.10 bits per heavy atom. The van der Waals surface area contributed by atoms with Gasteiger partial charge in [0, 0.05) is 12.3 Å². The number of halogens is 1. The van der Waals surface area contributed by atoms with Gasteiger partial charge in [-0.2, -0.15) is 5.10 Å². The number of benzene rings is 1. The van der Waals surface area contributed by atoms with E-state index in [0.717, 1.165) is 11.1 Å². The summed E-state index contributed by atoms with van der Waals surface area (Å²) in [7, 11) is 2.75. The number of hydrogen-bond donors (Lipinski definition) is 3. The fraction of sp³-hybridized carbons (Fsp3) is 0.444. The lowest BCUT2D eigenvalue weighted by molar-refractivity contribution is -0.157. The van der Waals surface area contributed by atoms with Crippen LogP contribution in [-0.4, -0.2) is 73.8 Å². The summed E-state index contributed by atoms with van der Waals surface area (Å²) in [5, 5.41) is 13.3. The Bertz CT molecular complexity index is 1000. The minimum absolute atomic E-state index is 0.0168. The molecule has 3 rings (SSSR count). The minimum atomic E-state index is -2.73. The maximum atomic E-state index is 12.5. The first-order chi connectivity index (χ1) is 14.6. The molecule has 168 valence electrons. The molecule has 2 aliphatic rings. The van der Waals surface area contributed by atoms with Crippen molar-refractivity contribution < 1.29 is 37.7 Å². The number of nitrogens with one attached hydrogen (secondary N) is 1. The predicted molar refractivity (Wildman–Crippen MR) is 110 cm³/mol. The van der Waals surface area contributed by atoms with E-state index in [-0.39, 0.29) is 34.2 Å². The summed E-state index contributed by atoms with van der Waals surface area (Å²) in [6.45, 7) is 1.17. The summed E-state index contributed by atoms with van der Waals surface area (Å²) < 4.78 is 30.1. The smallest absolute Gasteiger partial charge is 0.328 e. The Labute approximate surface area is 184 Å². The molecule has 11 nitrogen and oxygen atoms in total. The maximum Gasteiger partial charge on any atom is 0.328 e. The summed E-state index contributed by atoms with van der Waals surface area (Å²) in [6, 6.07) is 0.937. The van der Waals surface area contributed by atoms with E-state index < -0.39 is 33.7 Å². The van der Waals surface area contributed by atoms with Gasteiger partial charge in [-0.25, -0.2) is 14.4 Å². The number of hydrogen-bond acceptors (Lipinski definition) is 7. The molecule has 5 atom stereocenters. The second kappa shape index (κ2) is 8.44. The topological polar surface area (TPSA) is 155 Å². The minimum Gasteiger partial charge on any atom is -0.493 e. The number of carboxylic acid groups (broad SMARTS) is 1. The van der Waals surface area contributed by atoms with Gasteiger partial charge in [0.25, 0.3) is 5.91 Å². The maximum absolute atomic E-state index is 12.5. The first-order valence-electron chi connectivity index (χ1n) is 8.99. The zero-order chi connectivity index (χ0) is 23.1. The number of ether oxygens (including phenoxy) is 2. The van der Waals surface area contributed by atoms with Crippen LogP contribution in [0.3, 0.4) is 0 Å². The van der Waals surface area contributed by atoms with Crippen LogP contribution in [0.15, 0.2) is 17.2 Å². The number of carbonyl (C=O) groups is 3. The number of β-lactam (4-membered cyclic amide) rings is 1. The van der Waals surface area contributed by atoms with Gasteiger partial charge in [-0.3, -0.25) is 9.59 Å². The number of carbonyl (C=O) groups excluding carboxylic acids is 2. The number of nitrogens with zero attached hydrogens (tertiary/aromatic N) is 2. The van der Waals surface area contributed by atoms with Crippen LogP contribution in [0.2, 0.25) is 5.02 Å². The summed E-state index contributed by atoms with van der Waals surface area (Å²) in [5.74, 6) is -2.40. The second-order valence-electron chi connectivity index (χ2n) is 7.19. The van der Waals surface area contributed by atoms with Crippen molar-refractivity contribution in [3.8, 4) is 11.5 Å². The second-order valence-corrected chi connectivity index (χ2v) is 8.95. The lowest BCUT2D eigenvalue weighted by Crippen LogP contribution is -2.65. The van der Waals surface area contributed by atoms with Crippen molar-refractivity contribution in [3.05, 3.63) is 22.7 Å². The molecular weight excluding hydrogens is 454 g/mol. The Balaban J connectivity index is 1.83. The van der Waals surface area contributed by atoms with E-state index in [1.807, 2.05) is 0 Å². The third-order valence-electron chi connectivity index (χ3n) is 5.33. The lowest BCUT2D eigenvalue weighted by atomic mass is 9.97. The van der Waals surface area contributed by atoms with Crippen LogP contribution in [-0.2, 0) is 20.7 Å². The number of likely N-dealkylation sites (tertiary alicyclic amines) is 1. The highest BCUT2D eigenvalue weighted by Gasteiger charge is 2.66. The first kappa shape index (κ1) is 23.0. The number of methoxy groups -OCH3 is 2. The molecule has 1 heterocycles. The molecule has 31 heavy (non-hydrogen) atoms. The van der Waals surface area contributed by atoms with E-state index in [1.54, 1.807) is 0 Å². The molecule has 2 amide bonds. The largest absolute Gasteiger partial charge is 0.493 e. The molecule has 1 saturated heterocycles. The van der Waals surface area contributed by atoms with Crippen molar-refractivity contribution in [1.29, 1.82) is 0 Å². The van der Waals surface area contributed by atoms with E-state index in [0.29, 0.717) is 12.2 Å². The lowest BCUT2D eigenvalue weighted by Gasteiger charge is -2.41. The molecule has 0 aromatic heterocycles. The van der Waals surface area contributed by atoms with Gasteiger partial charge in [-0.1, -0.05) is 11.6 Å². The molecule has 1 aliphatic carbocycles. The van der Waals surface area contributed by atoms with Gasteiger partial charge >= 0.3 is 5.97 Å². The highest BCUT2D eigenvalue weighted by atomic mass is 35.5. The molecule has 3 unspecified atom stereocenters. The molecule has 1 saturated carbocycles. The number of amides is 2. The average Bonchev–Trinajstić information content (AvgIpc) is 3.46. The van der Waals surface area contributed by atoms with Crippen molar-refractivity contribution in [2.75, 3.05) is 14.2 Å². The van der Waals surface area contributed by atoms with Crippen molar-refractivity contribution >= 4 is 46.7 Å². The highest BCUT2D eigenvalue weighted by molar-refractivity contribution is 7.81. The van der Waals surface area contributed by atoms with E-state index in [9.17, 15) is 28.3 Å². The standard InChI is InChI=1S/C18H20ClN3O8S/c1-18(31(27)28,14(17(25)26)22-10-6-9(10)16(22)24)7-20-21-15(23)8-4-5-11(29-2)13(30-3)12(8)19/h4-5,7,9-10,14H,6H2,1-3H3,(H,21,23)(H,25,26)(H,27,28)/b20-7+/t9?,10-,14+,18?/m1/s1. The Morgan fingerprint density at radius 1 is 1.42 bits per heavy atom. The Kier molecular flexibility index (Phi) is 6.25. The molecule has 0 bridgehead atoms. The van der Waals surface area contributed by atoms with Crippen molar-refractivity contribution in [2.45, 2.75) is 30.2 Å². The van der Waals surface area contributed by atoms with Crippen LogP contribution < -0.4 is 14.9 Å². The molecule has 1 aromatic rings. The predicted octanol–water partition coefficient (Wildman–Crippen LogP) is 0.737. The van der Waals surface area contributed by atoms with Crippen molar-refractivity contribution in [1.82, 2.24) is 10.3 Å². The summed E-state index contributed by atoms with van der Waals surface area (Å²) in [6.07, 6.45) is 1.36. The Hall–Kier alpha value is -2.70. The summed E-state index contributed by atoms with van der Waals surface area (Å²) in [5.41, 5.74) is 2.13. The fourth-order valence-corrected chi connectivity index (χ4v) is 4.41. The average molecular weight is 474 g/mol. The van der Waals surface area contributed by atoms with E-state index in [4.69, 9.17) is 21.1 Å². The molecule has 1 aliphatic heterocycles. The number of carboxylic acids is 1. The van der Waals surface area contributed by atoms with Crippen LogP contribution >= 0.6 is 11.6 Å². The molecular formula is C18H20ClN3O8S. The monoisotopic (exact) mass is 473 g/mol. The van der Waals surface area contributed by atoms with E-state index in [2.05, 4.69) is 10.5 Å². The quantitative estimate of drug-likeness (QED) is 0.205. The number of hydrazone groups is 1. The van der Waals surface area contributed by atoms with Gasteiger partial charge in [0.2, 0.25) is 5.91 Å². The van der Waals surface area contributed by atoms with Gasteiger partial charge in [0.15, 0.2) is 28.6 Å². The third-order valence-corrected chi connectivity index (χ3v) is 6.79. The van der Waals surface area contributed by atoms with Crippen LogP contribution in [0.4, 0.5) is 0 Å². The van der Waals surface area contributed by atoms with Gasteiger partial charge in [-0.15, -0.1) is 0 Å². The van der Waals surface area contributed by atoms with Crippen LogP contribution in [0.25, 0.3) is 0 Å². The number of aliphatic carboxylic acids is 1. The van der Waals surface area contributed by atoms with E-state index in [1.165, 1.54) is 33.3 Å². The van der Waals surface area contributed by atoms with Gasteiger partial charge < -0.3 is 24.0 Å². The number of fused-ring (bicyclic) bond motifs is 1.